The first-order valence-electron chi connectivity index (χ1n) is 27.9. The molecule has 0 aliphatic rings. The number of furan rings is 1. The molecule has 0 saturated heterocycles. The van der Waals surface area contributed by atoms with Gasteiger partial charge in [0.25, 0.3) is 0 Å². The van der Waals surface area contributed by atoms with E-state index in [2.05, 4.69) is 220 Å². The van der Waals surface area contributed by atoms with Gasteiger partial charge < -0.3 is 4.42 Å². The summed E-state index contributed by atoms with van der Waals surface area (Å²) in [6.45, 7) is 0. The van der Waals surface area contributed by atoms with Crippen molar-refractivity contribution in [2.75, 3.05) is 0 Å². The fraction of sp³-hybridized carbons (Fsp3) is 0. The first kappa shape index (κ1) is 54.0. The molecule has 1 heterocycles. The second kappa shape index (κ2) is 18.1. The normalized spacial score (nSPS) is 11.9. The van der Waals surface area contributed by atoms with Gasteiger partial charge in [-0.25, -0.2) is 0 Å². The molecule has 0 bridgehead atoms. The van der Waals surface area contributed by atoms with E-state index < -0.39 is 0 Å². The van der Waals surface area contributed by atoms with Crippen molar-refractivity contribution < 1.29 is 4.42 Å². The molecule has 0 atom stereocenters. The summed E-state index contributed by atoms with van der Waals surface area (Å²) in [6.07, 6.45) is 0. The van der Waals surface area contributed by atoms with Crippen LogP contribution in [0.15, 0.2) is 4.42 Å². The molecule has 0 aliphatic heterocycles. The summed E-state index contributed by atoms with van der Waals surface area (Å²) < 4.78 is 7.40. The Morgan fingerprint density at radius 2 is 0.320 bits per heavy atom. The summed E-state index contributed by atoms with van der Waals surface area (Å²) in [6, 6.07) is 0. The summed E-state index contributed by atoms with van der Waals surface area (Å²) in [7, 11) is 66.5. The molecule has 0 amide bonds. The lowest BCUT2D eigenvalue weighted by molar-refractivity contribution is 0.676. The highest BCUT2D eigenvalue weighted by atomic mass is 16.3. The lowest BCUT2D eigenvalue weighted by atomic mass is 9.55. The number of rotatable bonds is 3. The largest absolute Gasteiger partial charge is 0.456 e. The first-order valence-corrected chi connectivity index (χ1v) is 27.9. The van der Waals surface area contributed by atoms with E-state index in [1.807, 2.05) is 0 Å². The number of benzene rings is 9. The molecule has 0 aliphatic carbocycles. The zero-order valence-corrected chi connectivity index (χ0v) is 51.4. The molecule has 9 aromatic carbocycles. The van der Waals surface area contributed by atoms with Crippen LogP contribution in [0, 0.1) is 0 Å². The minimum absolute atomic E-state index is 1.03. The fourth-order valence-electron chi connectivity index (χ4n) is 15.2. The van der Waals surface area contributed by atoms with Crippen molar-refractivity contribution in [1.82, 2.24) is 0 Å². The third kappa shape index (κ3) is 6.85. The van der Waals surface area contributed by atoms with Crippen LogP contribution in [0.3, 0.4) is 0 Å². The van der Waals surface area contributed by atoms with E-state index >= 15 is 0 Å². The van der Waals surface area contributed by atoms with E-state index in [-0.39, 0.29) is 0 Å². The second-order valence-corrected chi connectivity index (χ2v) is 24.3. The van der Waals surface area contributed by atoms with Crippen LogP contribution >= 0.6 is 0 Å². The van der Waals surface area contributed by atoms with Crippen LogP contribution in [0.1, 0.15) is 0 Å². The molecule has 330 valence electrons. The first-order chi connectivity index (χ1) is 35.0. The zero-order valence-electron chi connectivity index (χ0n) is 51.4. The average Bonchev–Trinajstić information content (AvgIpc) is 3.79. The van der Waals surface area contributed by atoms with Crippen LogP contribution < -0.4 is 153 Å². The standard InChI is InChI=1S/C46H56B28O/c47-17-7(12-27(57)40(70)43(73)41(71)28(12)58)8-11(26(56)38(68)37(67)24(8)54)18(48)9(17)1-3-5(22(52)35(65)33(63)20(3)50)2(6-4(1)21(51)34(64)36(66)23(6)53)10-19(49)15-16-31(61)25(55)13-14(32(62)42(72)39(69)29(13)59)45(16)75-46(15)44(74)30(10)60/h47-74H2. The SMILES string of the molecule is Bc1c(B)c(B)c(-c2c(B)c(-c3c4c(B)c(B)c(B)c(B)c4c(-c4c(B)c(B)c5oc6c7c(B)c(B)c(B)c(B)c7c(B)c(B)c6c5c4B)c4c(B)c(B)c(B)c(B)c34)c(B)c3c(B)c(B)c(B)c(B)c23)c(B)c1B. The molecule has 29 heteroatoms. The molecule has 1 aromatic heterocycles. The van der Waals surface area contributed by atoms with Gasteiger partial charge >= 0.3 is 0 Å². The van der Waals surface area contributed by atoms with Crippen LogP contribution in [0.2, 0.25) is 0 Å². The predicted molar refractivity (Wildman–Crippen MR) is 429 cm³/mol. The highest BCUT2D eigenvalue weighted by molar-refractivity contribution is 6.78. The molecule has 10 aromatic rings. The smallest absolute Gasteiger partial charge is 0.143 e. The van der Waals surface area contributed by atoms with Crippen LogP contribution in [0.25, 0.3) is 98.4 Å². The molecule has 0 N–H and O–H groups in total. The maximum Gasteiger partial charge on any atom is 0.143 e. The van der Waals surface area contributed by atoms with Crippen LogP contribution in [0.4, 0.5) is 0 Å². The quantitative estimate of drug-likeness (QED) is 0.127. The van der Waals surface area contributed by atoms with E-state index in [0.29, 0.717) is 0 Å². The summed E-state index contributed by atoms with van der Waals surface area (Å²) in [5.74, 6) is 0. The van der Waals surface area contributed by atoms with E-state index in [4.69, 9.17) is 4.42 Å². The number of hydrogen-bond acceptors (Lipinski definition) is 1. The molecule has 75 heavy (non-hydrogen) atoms. The van der Waals surface area contributed by atoms with Gasteiger partial charge in [-0.3, -0.25) is 0 Å². The van der Waals surface area contributed by atoms with Crippen LogP contribution in [-0.2, 0) is 0 Å². The van der Waals surface area contributed by atoms with Crippen molar-refractivity contribution in [3.8, 4) is 33.4 Å². The molecule has 10 rings (SSSR count). The monoisotopic (exact) mass is 933 g/mol. The van der Waals surface area contributed by atoms with E-state index in [0.717, 1.165) is 11.2 Å². The molecule has 0 fully saturated rings. The Morgan fingerprint density at radius 3 is 0.707 bits per heavy atom. The van der Waals surface area contributed by atoms with Gasteiger partial charge in [0.1, 0.15) is 231 Å². The van der Waals surface area contributed by atoms with Gasteiger partial charge in [0.05, 0.1) is 0 Å². The van der Waals surface area contributed by atoms with Gasteiger partial charge in [0, 0.05) is 16.2 Å². The summed E-state index contributed by atoms with van der Waals surface area (Å²) in [5.41, 5.74) is 48.7. The van der Waals surface area contributed by atoms with Gasteiger partial charge in [-0.1, -0.05) is 92.9 Å². The van der Waals surface area contributed by atoms with E-state index in [1.54, 1.807) is 0 Å². The van der Waals surface area contributed by atoms with Crippen molar-refractivity contribution in [2.24, 2.45) is 0 Å². The van der Waals surface area contributed by atoms with Crippen molar-refractivity contribution in [1.29, 1.82) is 0 Å². The summed E-state index contributed by atoms with van der Waals surface area (Å²) >= 11 is 0. The highest BCUT2D eigenvalue weighted by Gasteiger charge is 2.32. The zero-order chi connectivity index (χ0) is 55.3. The molecule has 0 saturated carbocycles. The fourth-order valence-corrected chi connectivity index (χ4v) is 15.2. The minimum atomic E-state index is 1.03. The van der Waals surface area contributed by atoms with Crippen molar-refractivity contribution >= 4 is 438 Å². The van der Waals surface area contributed by atoms with E-state index in [9.17, 15) is 0 Å². The molecular formula is C46H56B28O. The number of fused-ring (bicyclic) bond motifs is 8. The van der Waals surface area contributed by atoms with E-state index in [1.165, 1.54) is 240 Å². The van der Waals surface area contributed by atoms with Gasteiger partial charge in [0.15, 0.2) is 0 Å². The maximum atomic E-state index is 7.40. The molecule has 1 nitrogen and oxygen atoms in total. The number of hydrogen-bond donors (Lipinski definition) is 0. The summed E-state index contributed by atoms with van der Waals surface area (Å²) in [5, 5.41) is 13.6. The van der Waals surface area contributed by atoms with Gasteiger partial charge in [0.2, 0.25) is 0 Å². The Balaban J connectivity index is 1.54. The van der Waals surface area contributed by atoms with Crippen molar-refractivity contribution in [2.45, 2.75) is 0 Å². The van der Waals surface area contributed by atoms with Gasteiger partial charge in [-0.2, -0.15) is 0 Å². The Bertz CT molecular complexity index is 4330. The average molecular weight is 928 g/mol. The van der Waals surface area contributed by atoms with Crippen LogP contribution in [0.5, 0.6) is 0 Å². The highest BCUT2D eigenvalue weighted by Crippen LogP contribution is 2.41. The Hall–Kier alpha value is -4.36. The Morgan fingerprint density at radius 1 is 0.120 bits per heavy atom. The predicted octanol–water partition coefficient (Wildman–Crippen LogP) is -35.6. The minimum Gasteiger partial charge on any atom is -0.456 e. The molecule has 0 radical (unpaired) electrons. The lowest BCUT2D eigenvalue weighted by Gasteiger charge is -2.33. The van der Waals surface area contributed by atoms with Crippen LogP contribution in [-0.4, -0.2) is 220 Å². The Kier molecular flexibility index (Phi) is 13.0. The molecule has 0 unspecified atom stereocenters. The molecule has 0 spiro atoms. The van der Waals surface area contributed by atoms with Crippen molar-refractivity contribution in [3.05, 3.63) is 0 Å². The van der Waals surface area contributed by atoms with Crippen molar-refractivity contribution in [3.63, 3.8) is 0 Å². The van der Waals surface area contributed by atoms with Gasteiger partial charge in [-0.05, 0) is 71.1 Å². The molecular weight excluding hydrogens is 871 g/mol. The Labute approximate surface area is 472 Å². The lowest BCUT2D eigenvalue weighted by Crippen LogP contribution is -2.56. The third-order valence-corrected chi connectivity index (χ3v) is 21.7. The third-order valence-electron chi connectivity index (χ3n) is 21.7. The maximum absolute atomic E-state index is 7.40. The topological polar surface area (TPSA) is 13.1 Å². The summed E-state index contributed by atoms with van der Waals surface area (Å²) in [4.78, 5) is 0. The van der Waals surface area contributed by atoms with Gasteiger partial charge in [-0.15, -0.1) is 60.1 Å². The second-order valence-electron chi connectivity index (χ2n) is 24.3.